The SMILES string of the molecule is O=c1ccn(Cc2ccc(Cl)cc2)c(=O)[nH]1. The average molecular weight is 237 g/mol. The minimum Gasteiger partial charge on any atom is -0.296 e. The molecule has 0 aliphatic heterocycles. The first-order chi connectivity index (χ1) is 7.65. The van der Waals surface area contributed by atoms with E-state index in [0.29, 0.717) is 11.6 Å². The highest BCUT2D eigenvalue weighted by atomic mass is 35.5. The highest BCUT2D eigenvalue weighted by Gasteiger charge is 1.98. The Balaban J connectivity index is 2.30. The van der Waals surface area contributed by atoms with Crippen molar-refractivity contribution in [2.45, 2.75) is 6.54 Å². The summed E-state index contributed by atoms with van der Waals surface area (Å²) in [5.41, 5.74) is 0.137. The van der Waals surface area contributed by atoms with Gasteiger partial charge in [-0.05, 0) is 17.7 Å². The molecule has 0 radical (unpaired) electrons. The van der Waals surface area contributed by atoms with Crippen LogP contribution in [0.4, 0.5) is 0 Å². The van der Waals surface area contributed by atoms with Crippen LogP contribution in [0.25, 0.3) is 0 Å². The molecule has 0 aliphatic carbocycles. The van der Waals surface area contributed by atoms with E-state index in [-0.39, 0.29) is 0 Å². The van der Waals surface area contributed by atoms with Crippen LogP contribution in [-0.2, 0) is 6.54 Å². The van der Waals surface area contributed by atoms with Gasteiger partial charge in [-0.1, -0.05) is 23.7 Å². The number of aromatic amines is 1. The van der Waals surface area contributed by atoms with E-state index in [4.69, 9.17) is 11.6 Å². The number of nitrogens with one attached hydrogen (secondary N) is 1. The lowest BCUT2D eigenvalue weighted by molar-refractivity contribution is 0.720. The van der Waals surface area contributed by atoms with Crippen molar-refractivity contribution in [3.63, 3.8) is 0 Å². The first-order valence-corrected chi connectivity index (χ1v) is 5.07. The molecule has 0 unspecified atom stereocenters. The minimum absolute atomic E-state index is 0.391. The van der Waals surface area contributed by atoms with E-state index >= 15 is 0 Å². The van der Waals surface area contributed by atoms with Crippen molar-refractivity contribution in [2.24, 2.45) is 0 Å². The molecule has 0 spiro atoms. The van der Waals surface area contributed by atoms with Gasteiger partial charge in [-0.3, -0.25) is 14.3 Å². The zero-order chi connectivity index (χ0) is 11.5. The maximum absolute atomic E-state index is 11.4. The van der Waals surface area contributed by atoms with Crippen LogP contribution in [0, 0.1) is 0 Å². The number of aromatic nitrogens is 2. The molecule has 0 amide bonds. The first-order valence-electron chi connectivity index (χ1n) is 4.69. The predicted octanol–water partition coefficient (Wildman–Crippen LogP) is 1.24. The van der Waals surface area contributed by atoms with Crippen molar-refractivity contribution in [3.8, 4) is 0 Å². The van der Waals surface area contributed by atoms with Crippen LogP contribution >= 0.6 is 11.6 Å². The Morgan fingerprint density at radius 2 is 1.81 bits per heavy atom. The number of H-pyrrole nitrogens is 1. The topological polar surface area (TPSA) is 54.9 Å². The van der Waals surface area contributed by atoms with Gasteiger partial charge in [0, 0.05) is 17.3 Å². The Hall–Kier alpha value is -1.81. The van der Waals surface area contributed by atoms with Gasteiger partial charge in [-0.15, -0.1) is 0 Å². The summed E-state index contributed by atoms with van der Waals surface area (Å²) in [6.45, 7) is 0.410. The Morgan fingerprint density at radius 1 is 1.12 bits per heavy atom. The van der Waals surface area contributed by atoms with Crippen LogP contribution in [0.2, 0.25) is 5.02 Å². The van der Waals surface area contributed by atoms with Gasteiger partial charge in [-0.25, -0.2) is 4.79 Å². The van der Waals surface area contributed by atoms with E-state index < -0.39 is 11.2 Å². The van der Waals surface area contributed by atoms with Crippen molar-refractivity contribution in [2.75, 3.05) is 0 Å². The van der Waals surface area contributed by atoms with Gasteiger partial charge in [0.05, 0.1) is 6.54 Å². The molecule has 1 aromatic carbocycles. The largest absolute Gasteiger partial charge is 0.328 e. The molecule has 4 nitrogen and oxygen atoms in total. The summed E-state index contributed by atoms with van der Waals surface area (Å²) in [7, 11) is 0. The van der Waals surface area contributed by atoms with Gasteiger partial charge in [0.15, 0.2) is 0 Å². The maximum atomic E-state index is 11.4. The molecule has 2 rings (SSSR count). The second-order valence-corrected chi connectivity index (χ2v) is 3.80. The first kappa shape index (κ1) is 10.7. The molecule has 82 valence electrons. The van der Waals surface area contributed by atoms with Crippen molar-refractivity contribution in [1.29, 1.82) is 0 Å². The summed E-state index contributed by atoms with van der Waals surface area (Å²) in [4.78, 5) is 24.4. The fourth-order valence-electron chi connectivity index (χ4n) is 1.36. The van der Waals surface area contributed by atoms with Crippen LogP contribution < -0.4 is 11.2 Å². The molecule has 16 heavy (non-hydrogen) atoms. The third-order valence-electron chi connectivity index (χ3n) is 2.16. The molecule has 2 aromatic rings. The van der Waals surface area contributed by atoms with E-state index in [1.165, 1.54) is 16.8 Å². The number of nitrogens with zero attached hydrogens (tertiary/aromatic N) is 1. The van der Waals surface area contributed by atoms with Gasteiger partial charge in [0.25, 0.3) is 5.56 Å². The molecule has 1 aromatic heterocycles. The van der Waals surface area contributed by atoms with Crippen molar-refractivity contribution < 1.29 is 0 Å². The smallest absolute Gasteiger partial charge is 0.296 e. The van der Waals surface area contributed by atoms with Crippen LogP contribution in [0.3, 0.4) is 0 Å². The lowest BCUT2D eigenvalue weighted by atomic mass is 10.2. The van der Waals surface area contributed by atoms with Crippen molar-refractivity contribution in [3.05, 3.63) is 68.0 Å². The van der Waals surface area contributed by atoms with Crippen molar-refractivity contribution >= 4 is 11.6 Å². The number of hydrogen-bond acceptors (Lipinski definition) is 2. The summed E-state index contributed by atoms with van der Waals surface area (Å²) < 4.78 is 1.42. The highest BCUT2D eigenvalue weighted by molar-refractivity contribution is 6.30. The lowest BCUT2D eigenvalue weighted by Gasteiger charge is -2.04. The molecule has 1 heterocycles. The highest BCUT2D eigenvalue weighted by Crippen LogP contribution is 2.09. The predicted molar refractivity (Wildman–Crippen MR) is 61.9 cm³/mol. The molecule has 0 saturated heterocycles. The quantitative estimate of drug-likeness (QED) is 0.853. The summed E-state index contributed by atoms with van der Waals surface area (Å²) in [6, 6.07) is 8.50. The number of halogens is 1. The fraction of sp³-hybridized carbons (Fsp3) is 0.0909. The van der Waals surface area contributed by atoms with Crippen LogP contribution in [-0.4, -0.2) is 9.55 Å². The molecular formula is C11H9ClN2O2. The zero-order valence-electron chi connectivity index (χ0n) is 8.31. The third-order valence-corrected chi connectivity index (χ3v) is 2.42. The summed E-state index contributed by atoms with van der Waals surface area (Å²) in [5.74, 6) is 0. The van der Waals surface area contributed by atoms with Gasteiger partial charge in [-0.2, -0.15) is 0 Å². The van der Waals surface area contributed by atoms with Crippen LogP contribution in [0.5, 0.6) is 0 Å². The van der Waals surface area contributed by atoms with Crippen LogP contribution in [0.1, 0.15) is 5.56 Å². The molecule has 0 aliphatic rings. The third kappa shape index (κ3) is 2.41. The molecule has 0 saturated carbocycles. The van der Waals surface area contributed by atoms with Crippen molar-refractivity contribution in [1.82, 2.24) is 9.55 Å². The number of hydrogen-bond donors (Lipinski definition) is 1. The normalized spacial score (nSPS) is 10.3. The Bertz CT molecular complexity index is 598. The van der Waals surface area contributed by atoms with Gasteiger partial charge >= 0.3 is 5.69 Å². The maximum Gasteiger partial charge on any atom is 0.328 e. The monoisotopic (exact) mass is 236 g/mol. The standard InChI is InChI=1S/C11H9ClN2O2/c12-9-3-1-8(2-4-9)7-14-6-5-10(15)13-11(14)16/h1-6H,7H2,(H,13,15,16). The minimum atomic E-state index is -0.414. The Morgan fingerprint density at radius 3 is 2.44 bits per heavy atom. The molecule has 0 atom stereocenters. The summed E-state index contributed by atoms with van der Waals surface area (Å²) in [5, 5.41) is 0.651. The summed E-state index contributed by atoms with van der Waals surface area (Å²) >= 11 is 5.75. The van der Waals surface area contributed by atoms with E-state index in [0.717, 1.165) is 5.56 Å². The zero-order valence-corrected chi connectivity index (χ0v) is 9.07. The second kappa shape index (κ2) is 4.37. The lowest BCUT2D eigenvalue weighted by Crippen LogP contribution is -2.28. The molecule has 1 N–H and O–H groups in total. The summed E-state index contributed by atoms with van der Waals surface area (Å²) in [6.07, 6.45) is 1.47. The van der Waals surface area contributed by atoms with Gasteiger partial charge in [0.1, 0.15) is 0 Å². The van der Waals surface area contributed by atoms with Crippen LogP contribution in [0.15, 0.2) is 46.1 Å². The van der Waals surface area contributed by atoms with E-state index in [1.54, 1.807) is 12.1 Å². The molecule has 0 bridgehead atoms. The number of rotatable bonds is 2. The van der Waals surface area contributed by atoms with E-state index in [2.05, 4.69) is 4.98 Å². The fourth-order valence-corrected chi connectivity index (χ4v) is 1.48. The molecule has 5 heteroatoms. The van der Waals surface area contributed by atoms with Gasteiger partial charge in [0.2, 0.25) is 0 Å². The Kier molecular flexibility index (Phi) is 2.92. The Labute approximate surface area is 96.1 Å². The van der Waals surface area contributed by atoms with Gasteiger partial charge < -0.3 is 0 Å². The van der Waals surface area contributed by atoms with E-state index in [1.807, 2.05) is 12.1 Å². The average Bonchev–Trinajstić information content (AvgIpc) is 2.25. The molecular weight excluding hydrogens is 228 g/mol. The number of benzene rings is 1. The molecule has 0 fully saturated rings. The van der Waals surface area contributed by atoms with E-state index in [9.17, 15) is 9.59 Å². The second-order valence-electron chi connectivity index (χ2n) is 3.36.